The maximum atomic E-state index is 11.1. The smallest absolute Gasteiger partial charge is 0.237 e. The van der Waals surface area contributed by atoms with Crippen LogP contribution in [0.4, 0.5) is 0 Å². The van der Waals surface area contributed by atoms with Crippen LogP contribution in [0.3, 0.4) is 0 Å². The second-order valence-corrected chi connectivity index (χ2v) is 2.61. The first-order valence-corrected chi connectivity index (χ1v) is 3.79. The van der Waals surface area contributed by atoms with E-state index in [1.165, 1.54) is 0 Å². The Bertz CT molecular complexity index is 169. The highest BCUT2D eigenvalue weighted by atomic mass is 16.2. The molecule has 0 bridgehead atoms. The van der Waals surface area contributed by atoms with E-state index in [4.69, 9.17) is 5.26 Å². The number of rotatable bonds is 3. The van der Waals surface area contributed by atoms with E-state index in [1.807, 2.05) is 26.8 Å². The van der Waals surface area contributed by atoms with Gasteiger partial charge in [-0.05, 0) is 20.8 Å². The lowest BCUT2D eigenvalue weighted by Gasteiger charge is -2.23. The van der Waals surface area contributed by atoms with Crippen molar-refractivity contribution in [2.24, 2.45) is 0 Å². The number of nitrogens with zero attached hydrogens (tertiary/aromatic N) is 2. The van der Waals surface area contributed by atoms with E-state index in [0.717, 1.165) is 0 Å². The lowest BCUT2D eigenvalue weighted by molar-refractivity contribution is -0.131. The number of hydrogen-bond acceptors (Lipinski definition) is 2. The number of nitriles is 1. The van der Waals surface area contributed by atoms with Crippen LogP contribution in [0.25, 0.3) is 0 Å². The molecule has 0 aromatic heterocycles. The Morgan fingerprint density at radius 1 is 1.64 bits per heavy atom. The molecule has 0 rings (SSSR count). The molecule has 0 aromatic carbocycles. The summed E-state index contributed by atoms with van der Waals surface area (Å²) in [6.07, 6.45) is -0.00792. The van der Waals surface area contributed by atoms with Crippen LogP contribution in [0, 0.1) is 11.3 Å². The Morgan fingerprint density at radius 3 is 2.45 bits per heavy atom. The summed E-state index contributed by atoms with van der Waals surface area (Å²) < 4.78 is 0. The lowest BCUT2D eigenvalue weighted by Crippen LogP contribution is -2.36. The summed E-state index contributed by atoms with van der Waals surface area (Å²) >= 11 is 0. The summed E-state index contributed by atoms with van der Waals surface area (Å²) in [7, 11) is 0. The van der Waals surface area contributed by atoms with E-state index < -0.39 is 0 Å². The number of hydrogen-bond donors (Lipinski definition) is 0. The molecule has 0 saturated carbocycles. The Balaban J connectivity index is 4.05. The zero-order valence-electron chi connectivity index (χ0n) is 7.29. The van der Waals surface area contributed by atoms with E-state index >= 15 is 0 Å². The maximum Gasteiger partial charge on any atom is 0.237 e. The lowest BCUT2D eigenvalue weighted by atomic mass is 10.3. The summed E-state index contributed by atoms with van der Waals surface area (Å²) in [5.41, 5.74) is 0. The molecule has 0 N–H and O–H groups in total. The fraction of sp³-hybridized carbons (Fsp3) is 0.750. The van der Waals surface area contributed by atoms with Crippen molar-refractivity contribution in [3.05, 3.63) is 0 Å². The van der Waals surface area contributed by atoms with Gasteiger partial charge in [-0.25, -0.2) is 0 Å². The first-order valence-electron chi connectivity index (χ1n) is 3.79. The Labute approximate surface area is 67.6 Å². The van der Waals surface area contributed by atoms with Gasteiger partial charge in [0.2, 0.25) is 5.91 Å². The molecule has 0 unspecified atom stereocenters. The third-order valence-electron chi connectivity index (χ3n) is 1.51. The van der Waals surface area contributed by atoms with Crippen LogP contribution in [0.1, 0.15) is 27.2 Å². The van der Waals surface area contributed by atoms with Gasteiger partial charge in [0.05, 0.1) is 6.07 Å². The Morgan fingerprint density at radius 2 is 2.18 bits per heavy atom. The van der Waals surface area contributed by atoms with Gasteiger partial charge >= 0.3 is 0 Å². The predicted octanol–water partition coefficient (Wildman–Crippen LogP) is 1.16. The van der Waals surface area contributed by atoms with Crippen LogP contribution < -0.4 is 0 Å². The molecule has 0 aliphatic carbocycles. The molecule has 0 spiro atoms. The van der Waals surface area contributed by atoms with Crippen molar-refractivity contribution in [1.29, 1.82) is 5.26 Å². The van der Waals surface area contributed by atoms with Crippen LogP contribution in [0.2, 0.25) is 0 Å². The molecule has 0 aliphatic rings. The molecule has 1 amide bonds. The quantitative estimate of drug-likeness (QED) is 0.612. The average molecular weight is 154 g/mol. The third kappa shape index (κ3) is 3.03. The van der Waals surface area contributed by atoms with Crippen molar-refractivity contribution in [3.63, 3.8) is 0 Å². The minimum Gasteiger partial charge on any atom is -0.340 e. The van der Waals surface area contributed by atoms with Crippen molar-refractivity contribution in [3.8, 4) is 6.07 Å². The zero-order valence-corrected chi connectivity index (χ0v) is 7.29. The molecule has 11 heavy (non-hydrogen) atoms. The minimum absolute atomic E-state index is 0.00792. The van der Waals surface area contributed by atoms with Crippen molar-refractivity contribution in [2.75, 3.05) is 6.54 Å². The standard InChI is InChI=1S/C8H14N2O/c1-4-10(7(2)3)8(11)5-6-9/h7H,4-5H2,1-3H3. The van der Waals surface area contributed by atoms with Gasteiger partial charge in [0, 0.05) is 12.6 Å². The normalized spacial score (nSPS) is 9.36. The molecule has 62 valence electrons. The summed E-state index contributed by atoms with van der Waals surface area (Å²) in [4.78, 5) is 12.8. The topological polar surface area (TPSA) is 44.1 Å². The highest BCUT2D eigenvalue weighted by molar-refractivity contribution is 5.78. The maximum absolute atomic E-state index is 11.1. The Kier molecular flexibility index (Phi) is 4.28. The number of amides is 1. The summed E-state index contributed by atoms with van der Waals surface area (Å²) in [5, 5.41) is 8.27. The van der Waals surface area contributed by atoms with Gasteiger partial charge in [-0.2, -0.15) is 5.26 Å². The molecular formula is C8H14N2O. The molecule has 3 nitrogen and oxygen atoms in total. The molecule has 0 aromatic rings. The van der Waals surface area contributed by atoms with Crippen LogP contribution in [-0.4, -0.2) is 23.4 Å². The monoisotopic (exact) mass is 154 g/mol. The van der Waals surface area contributed by atoms with Gasteiger partial charge in [-0.1, -0.05) is 0 Å². The Hall–Kier alpha value is -1.04. The van der Waals surface area contributed by atoms with Crippen molar-refractivity contribution < 1.29 is 4.79 Å². The first-order chi connectivity index (χ1) is 5.13. The molecule has 0 atom stereocenters. The second-order valence-electron chi connectivity index (χ2n) is 2.61. The van der Waals surface area contributed by atoms with E-state index in [-0.39, 0.29) is 18.4 Å². The second kappa shape index (κ2) is 4.73. The predicted molar refractivity (Wildman–Crippen MR) is 42.8 cm³/mol. The van der Waals surface area contributed by atoms with Gasteiger partial charge in [-0.3, -0.25) is 4.79 Å². The fourth-order valence-corrected chi connectivity index (χ4v) is 0.999. The van der Waals surface area contributed by atoms with Crippen LogP contribution in [-0.2, 0) is 4.79 Å². The van der Waals surface area contributed by atoms with E-state index in [9.17, 15) is 4.79 Å². The van der Waals surface area contributed by atoms with Crippen molar-refractivity contribution in [1.82, 2.24) is 4.90 Å². The summed E-state index contributed by atoms with van der Waals surface area (Å²) in [6, 6.07) is 2.04. The molecule has 0 saturated heterocycles. The molecule has 3 heteroatoms. The molecular weight excluding hydrogens is 140 g/mol. The van der Waals surface area contributed by atoms with E-state index in [2.05, 4.69) is 0 Å². The van der Waals surface area contributed by atoms with Gasteiger partial charge in [0.15, 0.2) is 0 Å². The van der Waals surface area contributed by atoms with Crippen LogP contribution >= 0.6 is 0 Å². The van der Waals surface area contributed by atoms with Gasteiger partial charge in [-0.15, -0.1) is 0 Å². The highest BCUT2D eigenvalue weighted by Crippen LogP contribution is 1.99. The van der Waals surface area contributed by atoms with Crippen molar-refractivity contribution in [2.45, 2.75) is 33.2 Å². The fourth-order valence-electron chi connectivity index (χ4n) is 0.999. The molecule has 0 aliphatic heterocycles. The number of carbonyl (C=O) groups excluding carboxylic acids is 1. The van der Waals surface area contributed by atoms with E-state index in [1.54, 1.807) is 4.90 Å². The highest BCUT2D eigenvalue weighted by Gasteiger charge is 2.13. The van der Waals surface area contributed by atoms with E-state index in [0.29, 0.717) is 6.54 Å². The van der Waals surface area contributed by atoms with Gasteiger partial charge in [0.1, 0.15) is 6.42 Å². The molecule has 0 fully saturated rings. The average Bonchev–Trinajstić information content (AvgIpc) is 1.88. The SMILES string of the molecule is CCN(C(=O)CC#N)C(C)C. The largest absolute Gasteiger partial charge is 0.340 e. The van der Waals surface area contributed by atoms with Crippen molar-refractivity contribution >= 4 is 5.91 Å². The van der Waals surface area contributed by atoms with Gasteiger partial charge < -0.3 is 4.90 Å². The van der Waals surface area contributed by atoms with Crippen LogP contribution in [0.5, 0.6) is 0 Å². The zero-order chi connectivity index (χ0) is 8.85. The third-order valence-corrected chi connectivity index (χ3v) is 1.51. The first kappa shape index (κ1) is 9.96. The number of carbonyl (C=O) groups is 1. The molecule has 0 heterocycles. The minimum atomic E-state index is -0.0787. The summed E-state index contributed by atoms with van der Waals surface area (Å²) in [5.74, 6) is -0.0787. The van der Waals surface area contributed by atoms with Crippen LogP contribution in [0.15, 0.2) is 0 Å². The molecule has 0 radical (unpaired) electrons. The van der Waals surface area contributed by atoms with Gasteiger partial charge in [0.25, 0.3) is 0 Å². The summed E-state index contributed by atoms with van der Waals surface area (Å²) in [6.45, 7) is 6.48.